The molecule has 0 spiro atoms. The van der Waals surface area contributed by atoms with Crippen LogP contribution in [-0.4, -0.2) is 61.5 Å². The van der Waals surface area contributed by atoms with Crippen LogP contribution in [0.1, 0.15) is 13.3 Å². The van der Waals surface area contributed by atoms with E-state index >= 15 is 0 Å². The minimum atomic E-state index is -3.85. The third-order valence-electron chi connectivity index (χ3n) is 4.08. The Kier molecular flexibility index (Phi) is 2.58. The highest BCUT2D eigenvalue weighted by Crippen LogP contribution is 2.46. The molecule has 3 atom stereocenters. The molecule has 0 saturated carbocycles. The van der Waals surface area contributed by atoms with Crippen molar-refractivity contribution in [3.8, 4) is 0 Å². The van der Waals surface area contributed by atoms with Crippen LogP contribution in [0.3, 0.4) is 0 Å². The number of carbonyl (C=O) groups is 2. The number of nitrogens with zero attached hydrogens (tertiary/aromatic N) is 4. The Morgan fingerprint density at radius 1 is 1.62 bits per heavy atom. The second-order valence-electron chi connectivity index (χ2n) is 5.40. The van der Waals surface area contributed by atoms with E-state index < -0.39 is 37.9 Å². The number of carboxylic acids is 1. The lowest BCUT2D eigenvalue weighted by Gasteiger charge is -2.35. The van der Waals surface area contributed by atoms with Crippen LogP contribution in [0.2, 0.25) is 0 Å². The van der Waals surface area contributed by atoms with Crippen LogP contribution in [-0.2, 0) is 26.0 Å². The van der Waals surface area contributed by atoms with Gasteiger partial charge in [0.1, 0.15) is 10.1 Å². The Morgan fingerprint density at radius 2 is 2.29 bits per heavy atom. The Labute approximate surface area is 119 Å². The monoisotopic (exact) mass is 315 g/mol. The molecule has 0 aliphatic carbocycles. The van der Waals surface area contributed by atoms with E-state index in [1.165, 1.54) is 17.8 Å². The van der Waals surface area contributed by atoms with E-state index in [2.05, 4.69) is 10.3 Å². The fraction of sp³-hybridized carbons (Fsp3) is 0.600. The van der Waals surface area contributed by atoms with Crippen molar-refractivity contribution >= 4 is 27.5 Å². The lowest BCUT2D eigenvalue weighted by molar-refractivity contribution is -0.157. The Balaban J connectivity index is 2.08. The van der Waals surface area contributed by atoms with Gasteiger partial charge in [0.2, 0.25) is 5.91 Å². The average molecular weight is 315 g/mol. The van der Waals surface area contributed by atoms with E-state index in [0.717, 1.165) is 4.90 Å². The molecule has 0 unspecified atom stereocenters. The average Bonchev–Trinajstić information content (AvgIpc) is 2.81. The van der Waals surface area contributed by atoms with Gasteiger partial charge in [0.05, 0.1) is 19.2 Å². The molecule has 3 rings (SSSR count). The molecule has 114 valence electrons. The molecule has 0 radical (unpaired) electrons. The van der Waals surface area contributed by atoms with Crippen molar-refractivity contribution in [2.45, 2.75) is 36.1 Å². The maximum Gasteiger partial charge on any atom is 0.328 e. The molecule has 1 aromatic rings. The van der Waals surface area contributed by atoms with Crippen molar-refractivity contribution < 1.29 is 23.1 Å². The van der Waals surface area contributed by atoms with Crippen molar-refractivity contribution in [1.82, 2.24) is 19.9 Å². The van der Waals surface area contributed by atoms with Gasteiger partial charge < -0.3 is 15.7 Å². The SMILES string of the molecule is C[C@]1(Cn2cc(N)nn2)[C@H](C(=O)O)N2C(=O)C[C@@H]2S1(=O)=O. The molecule has 21 heavy (non-hydrogen) atoms. The van der Waals surface area contributed by atoms with Crippen molar-refractivity contribution in [3.63, 3.8) is 0 Å². The third kappa shape index (κ3) is 1.60. The van der Waals surface area contributed by atoms with Crippen LogP contribution >= 0.6 is 0 Å². The number of aromatic nitrogens is 3. The van der Waals surface area contributed by atoms with Crippen LogP contribution in [0.15, 0.2) is 6.20 Å². The fourth-order valence-corrected chi connectivity index (χ4v) is 5.36. The first-order chi connectivity index (χ1) is 9.68. The summed E-state index contributed by atoms with van der Waals surface area (Å²) in [7, 11) is -3.85. The van der Waals surface area contributed by atoms with Crippen molar-refractivity contribution in [2.75, 3.05) is 5.73 Å². The van der Waals surface area contributed by atoms with Gasteiger partial charge in [-0.15, -0.1) is 5.10 Å². The van der Waals surface area contributed by atoms with Crippen molar-refractivity contribution in [3.05, 3.63) is 6.20 Å². The number of rotatable bonds is 3. The molecule has 3 N–H and O–H groups in total. The van der Waals surface area contributed by atoms with Crippen molar-refractivity contribution in [1.29, 1.82) is 0 Å². The molecule has 0 aromatic carbocycles. The Morgan fingerprint density at radius 3 is 2.76 bits per heavy atom. The number of aliphatic carboxylic acids is 1. The second-order valence-corrected chi connectivity index (χ2v) is 7.97. The topological polar surface area (TPSA) is 148 Å². The summed E-state index contributed by atoms with van der Waals surface area (Å²) >= 11 is 0. The molecular formula is C10H13N5O5S. The summed E-state index contributed by atoms with van der Waals surface area (Å²) < 4.78 is 24.7. The summed E-state index contributed by atoms with van der Waals surface area (Å²) in [6.45, 7) is 1.07. The fourth-order valence-electron chi connectivity index (χ4n) is 3.00. The summed E-state index contributed by atoms with van der Waals surface area (Å²) in [5, 5.41) is 15.5. The number of carboxylic acid groups (broad SMARTS) is 1. The van der Waals surface area contributed by atoms with E-state index in [-0.39, 0.29) is 18.8 Å². The van der Waals surface area contributed by atoms with E-state index in [4.69, 9.17) is 5.73 Å². The molecule has 11 heteroatoms. The van der Waals surface area contributed by atoms with Gasteiger partial charge in [-0.05, 0) is 6.92 Å². The van der Waals surface area contributed by atoms with Crippen LogP contribution < -0.4 is 5.73 Å². The smallest absolute Gasteiger partial charge is 0.328 e. The van der Waals surface area contributed by atoms with Gasteiger partial charge in [0.15, 0.2) is 21.7 Å². The van der Waals surface area contributed by atoms with Gasteiger partial charge >= 0.3 is 5.97 Å². The molecule has 0 bridgehead atoms. The predicted octanol–water partition coefficient (Wildman–Crippen LogP) is -1.94. The first-order valence-corrected chi connectivity index (χ1v) is 7.66. The molecule has 3 heterocycles. The van der Waals surface area contributed by atoms with Crippen LogP contribution in [0, 0.1) is 0 Å². The third-order valence-corrected chi connectivity index (χ3v) is 6.84. The first-order valence-electron chi connectivity index (χ1n) is 6.11. The van der Waals surface area contributed by atoms with E-state index in [9.17, 15) is 23.1 Å². The number of β-lactam (4-membered cyclic amide) rings is 1. The molecule has 2 aliphatic heterocycles. The highest BCUT2D eigenvalue weighted by Gasteiger charge is 2.70. The van der Waals surface area contributed by atoms with Gasteiger partial charge in [-0.25, -0.2) is 17.9 Å². The van der Waals surface area contributed by atoms with Gasteiger partial charge in [-0.1, -0.05) is 5.21 Å². The minimum absolute atomic E-state index is 0.0974. The first kappa shape index (κ1) is 13.8. The predicted molar refractivity (Wildman–Crippen MR) is 68.4 cm³/mol. The Bertz CT molecular complexity index is 743. The largest absolute Gasteiger partial charge is 0.480 e. The summed E-state index contributed by atoms with van der Waals surface area (Å²) in [6, 6.07) is -1.45. The number of sulfone groups is 1. The second kappa shape index (κ2) is 3.93. The maximum atomic E-state index is 12.6. The quantitative estimate of drug-likeness (QED) is 0.612. The maximum absolute atomic E-state index is 12.6. The molecule has 2 aliphatic rings. The molecular weight excluding hydrogens is 302 g/mol. The lowest BCUT2D eigenvalue weighted by atomic mass is 9.96. The minimum Gasteiger partial charge on any atom is -0.480 e. The standard InChI is InChI=1S/C10H13N5O5S/c1-10(4-14-3-5(11)12-13-14)8(9(17)18)15-6(16)2-7(15)21(10,19)20/h3,7-8H,2,4,11H2,1H3,(H,17,18)/t7-,8-,10-/m0/s1. The number of nitrogens with two attached hydrogens (primary N) is 1. The number of amides is 1. The molecule has 2 saturated heterocycles. The summed E-state index contributed by atoms with van der Waals surface area (Å²) in [5.74, 6) is -1.73. The van der Waals surface area contributed by atoms with Gasteiger partial charge in [0, 0.05) is 0 Å². The zero-order valence-electron chi connectivity index (χ0n) is 11.0. The van der Waals surface area contributed by atoms with E-state index in [1.807, 2.05) is 0 Å². The summed E-state index contributed by atoms with van der Waals surface area (Å²) in [5.41, 5.74) is 5.42. The molecule has 2 fully saturated rings. The molecule has 1 aromatic heterocycles. The van der Waals surface area contributed by atoms with Gasteiger partial charge in [-0.3, -0.25) is 4.79 Å². The van der Waals surface area contributed by atoms with Crippen LogP contribution in [0.4, 0.5) is 5.82 Å². The number of carbonyl (C=O) groups excluding carboxylic acids is 1. The Hall–Kier alpha value is -2.17. The number of nitrogen functional groups attached to an aromatic ring is 1. The van der Waals surface area contributed by atoms with Crippen LogP contribution in [0.5, 0.6) is 0 Å². The zero-order chi connectivity index (χ0) is 15.6. The highest BCUT2D eigenvalue weighted by molar-refractivity contribution is 7.93. The number of hydrogen-bond donors (Lipinski definition) is 2. The highest BCUT2D eigenvalue weighted by atomic mass is 32.2. The van der Waals surface area contributed by atoms with Gasteiger partial charge in [-0.2, -0.15) is 0 Å². The molecule has 1 amide bonds. The summed E-state index contributed by atoms with van der Waals surface area (Å²) in [6.07, 6.45) is 1.14. The number of hydrogen-bond acceptors (Lipinski definition) is 7. The zero-order valence-corrected chi connectivity index (χ0v) is 11.8. The van der Waals surface area contributed by atoms with E-state index in [1.54, 1.807) is 0 Å². The van der Waals surface area contributed by atoms with Gasteiger partial charge in [0.25, 0.3) is 0 Å². The lowest BCUT2D eigenvalue weighted by Crippen LogP contribution is -2.58. The number of anilines is 1. The van der Waals surface area contributed by atoms with E-state index in [0.29, 0.717) is 0 Å². The molecule has 10 nitrogen and oxygen atoms in total. The normalized spacial score (nSPS) is 33.6. The summed E-state index contributed by atoms with van der Waals surface area (Å²) in [4.78, 5) is 24.0. The number of fused-ring (bicyclic) bond motifs is 1. The van der Waals surface area contributed by atoms with Crippen LogP contribution in [0.25, 0.3) is 0 Å². The van der Waals surface area contributed by atoms with Crippen molar-refractivity contribution in [2.24, 2.45) is 0 Å².